The number of rotatable bonds is 3. The molecule has 0 heterocycles. The second kappa shape index (κ2) is 11.4. The molecule has 0 aromatic rings. The Morgan fingerprint density at radius 2 is 1.10 bits per heavy atom. The Morgan fingerprint density at radius 1 is 0.900 bits per heavy atom. The minimum absolute atomic E-state index is 0. The quantitative estimate of drug-likeness (QED) is 0.336. The Hall–Kier alpha value is 2.38. The molecule has 0 rings (SSSR count). The van der Waals surface area contributed by atoms with Crippen LogP contribution >= 0.6 is 16.1 Å². The molecule has 0 saturated heterocycles. The number of hydrogen-bond acceptors (Lipinski definition) is 4. The van der Waals surface area contributed by atoms with Crippen molar-refractivity contribution in [3.05, 3.63) is 0 Å². The average Bonchev–Trinajstić information content (AvgIpc) is 1.61. The van der Waals surface area contributed by atoms with E-state index in [4.69, 9.17) is 0 Å². The van der Waals surface area contributed by atoms with E-state index < -0.39 is 16.1 Å². The minimum atomic E-state index is -2.80. The van der Waals surface area contributed by atoms with Gasteiger partial charge in [0.05, 0.1) is 0 Å². The van der Waals surface area contributed by atoms with Gasteiger partial charge in [0.1, 0.15) is 0 Å². The van der Waals surface area contributed by atoms with Gasteiger partial charge in [0.15, 0.2) is 0 Å². The van der Waals surface area contributed by atoms with E-state index in [-0.39, 0.29) is 71.4 Å². The second-order valence-corrected chi connectivity index (χ2v) is 3.73. The van der Waals surface area contributed by atoms with Crippen LogP contribution in [0.15, 0.2) is 0 Å². The van der Waals surface area contributed by atoms with Crippen molar-refractivity contribution < 1.29 is 78.0 Å². The van der Waals surface area contributed by atoms with Crippen LogP contribution < -0.4 is 68.9 Å². The summed E-state index contributed by atoms with van der Waals surface area (Å²) in [6.45, 7) is 0. The number of hydrogen-bond donors (Lipinski definition) is 0. The third-order valence-corrected chi connectivity index (χ3v) is 2.35. The van der Waals surface area contributed by atoms with Gasteiger partial charge in [-0.1, -0.05) is 0 Å². The molecule has 0 fully saturated rings. The standard InChI is InChI=1S/C2H8O4P2.2Na/c3-7(4)1-2-8(5)6;;/h7-8H,1-2H2,(H,3,4)(H,5,6);;/q;2*+1/p-2. The molecule has 4 nitrogen and oxygen atoms in total. The van der Waals surface area contributed by atoms with Gasteiger partial charge in [-0.2, -0.15) is 0 Å². The molecule has 8 heteroatoms. The van der Waals surface area contributed by atoms with E-state index in [9.17, 15) is 18.9 Å². The molecule has 0 aromatic carbocycles. The molecule has 0 N–H and O–H groups in total. The summed E-state index contributed by atoms with van der Waals surface area (Å²) in [4.78, 5) is 19.4. The topological polar surface area (TPSA) is 80.3 Å². The maximum absolute atomic E-state index is 9.72. The van der Waals surface area contributed by atoms with Gasteiger partial charge >= 0.3 is 59.1 Å². The zero-order chi connectivity index (χ0) is 6.57. The first-order valence-electron chi connectivity index (χ1n) is 2.02. The smallest absolute Gasteiger partial charge is 0.802 e. The summed E-state index contributed by atoms with van der Waals surface area (Å²) >= 11 is 0. The molecule has 0 spiro atoms. The fourth-order valence-electron chi connectivity index (χ4n) is 0.204. The maximum atomic E-state index is 9.72. The molecule has 0 aliphatic heterocycles. The van der Waals surface area contributed by atoms with Gasteiger partial charge in [0, 0.05) is 16.1 Å². The van der Waals surface area contributed by atoms with Gasteiger partial charge in [-0.3, -0.25) is 0 Å². The molecule has 0 aliphatic carbocycles. The Labute approximate surface area is 105 Å². The zero-order valence-electron chi connectivity index (χ0n) is 6.05. The van der Waals surface area contributed by atoms with Crippen molar-refractivity contribution in [3.63, 3.8) is 0 Å². The zero-order valence-corrected chi connectivity index (χ0v) is 12.0. The van der Waals surface area contributed by atoms with Crippen LogP contribution in [0.2, 0.25) is 0 Å². The van der Waals surface area contributed by atoms with Crippen LogP contribution in [-0.4, -0.2) is 12.3 Å². The summed E-state index contributed by atoms with van der Waals surface area (Å²) in [7, 11) is -5.61. The molecule has 0 aliphatic rings. The van der Waals surface area contributed by atoms with Gasteiger partial charge in [-0.05, 0) is 12.3 Å². The van der Waals surface area contributed by atoms with Crippen LogP contribution in [0.4, 0.5) is 0 Å². The molecule has 10 heavy (non-hydrogen) atoms. The molecule has 0 radical (unpaired) electrons. The minimum Gasteiger partial charge on any atom is -0.802 e. The van der Waals surface area contributed by atoms with E-state index in [1.807, 2.05) is 0 Å². The fourth-order valence-corrected chi connectivity index (χ4v) is 1.84. The summed E-state index contributed by atoms with van der Waals surface area (Å²) in [6, 6.07) is 0. The normalized spacial score (nSPS) is 14.2. The molecule has 0 amide bonds. The van der Waals surface area contributed by atoms with Gasteiger partial charge < -0.3 is 18.9 Å². The molecular formula is C2H6Na2O4P2. The van der Waals surface area contributed by atoms with Crippen molar-refractivity contribution in [1.29, 1.82) is 0 Å². The van der Waals surface area contributed by atoms with Gasteiger partial charge in [-0.15, -0.1) is 0 Å². The van der Waals surface area contributed by atoms with E-state index in [0.717, 1.165) is 0 Å². The molecular weight excluding hydrogens is 196 g/mol. The average molecular weight is 202 g/mol. The van der Waals surface area contributed by atoms with Crippen LogP contribution in [0.25, 0.3) is 0 Å². The SMILES string of the molecule is O=[PH]([O-])CC[PH](=O)[O-].[Na+].[Na+]. The Kier molecular flexibility index (Phi) is 20.7. The Balaban J connectivity index is -0.000000245. The predicted octanol–water partition coefficient (Wildman–Crippen LogP) is -7.34. The van der Waals surface area contributed by atoms with Crippen molar-refractivity contribution in [3.8, 4) is 0 Å². The summed E-state index contributed by atoms with van der Waals surface area (Å²) < 4.78 is 19.4. The van der Waals surface area contributed by atoms with E-state index in [2.05, 4.69) is 0 Å². The Morgan fingerprint density at radius 3 is 1.20 bits per heavy atom. The van der Waals surface area contributed by atoms with Gasteiger partial charge in [0.25, 0.3) is 0 Å². The van der Waals surface area contributed by atoms with Crippen LogP contribution in [0.3, 0.4) is 0 Å². The van der Waals surface area contributed by atoms with Crippen molar-refractivity contribution in [1.82, 2.24) is 0 Å². The fraction of sp³-hybridized carbons (Fsp3) is 1.00. The molecule has 0 bridgehead atoms. The summed E-state index contributed by atoms with van der Waals surface area (Å²) in [5.74, 6) is 0. The van der Waals surface area contributed by atoms with Gasteiger partial charge in [0.2, 0.25) is 0 Å². The second-order valence-electron chi connectivity index (χ2n) is 1.24. The van der Waals surface area contributed by atoms with E-state index in [1.54, 1.807) is 0 Å². The maximum Gasteiger partial charge on any atom is 1.00 e. The van der Waals surface area contributed by atoms with Crippen molar-refractivity contribution in [2.45, 2.75) is 0 Å². The van der Waals surface area contributed by atoms with E-state index in [1.165, 1.54) is 0 Å². The van der Waals surface area contributed by atoms with E-state index >= 15 is 0 Å². The first-order valence-corrected chi connectivity index (χ1v) is 5.07. The van der Waals surface area contributed by atoms with Crippen LogP contribution in [0.5, 0.6) is 0 Å². The van der Waals surface area contributed by atoms with Crippen molar-refractivity contribution in [2.75, 3.05) is 12.3 Å². The third-order valence-electron chi connectivity index (χ3n) is 0.533. The van der Waals surface area contributed by atoms with Crippen molar-refractivity contribution in [2.24, 2.45) is 0 Å². The van der Waals surface area contributed by atoms with Crippen LogP contribution in [-0.2, 0) is 9.13 Å². The first-order chi connectivity index (χ1) is 3.63. The first kappa shape index (κ1) is 18.2. The van der Waals surface area contributed by atoms with E-state index in [0.29, 0.717) is 0 Å². The van der Waals surface area contributed by atoms with Crippen LogP contribution in [0, 0.1) is 0 Å². The molecule has 2 atom stereocenters. The monoisotopic (exact) mass is 202 g/mol. The molecule has 50 valence electrons. The molecule has 0 aromatic heterocycles. The molecule has 0 saturated carbocycles. The Bertz CT molecular complexity index is 104. The predicted molar refractivity (Wildman–Crippen MR) is 27.7 cm³/mol. The summed E-state index contributed by atoms with van der Waals surface area (Å²) in [5, 5.41) is 0. The third kappa shape index (κ3) is 16.8. The van der Waals surface area contributed by atoms with Crippen molar-refractivity contribution >= 4 is 16.1 Å². The van der Waals surface area contributed by atoms with Crippen LogP contribution in [0.1, 0.15) is 0 Å². The molecule has 2 unspecified atom stereocenters. The summed E-state index contributed by atoms with van der Waals surface area (Å²) in [5.41, 5.74) is 0. The van der Waals surface area contributed by atoms with Gasteiger partial charge in [-0.25, -0.2) is 0 Å². The summed E-state index contributed by atoms with van der Waals surface area (Å²) in [6.07, 6.45) is -0.405. The largest absolute Gasteiger partial charge is 1.00 e.